The molecule has 1 aromatic carbocycles. The molecule has 0 atom stereocenters. The van der Waals surface area contributed by atoms with Gasteiger partial charge in [0.05, 0.1) is 11.6 Å². The molecule has 0 unspecified atom stereocenters. The highest BCUT2D eigenvalue weighted by atomic mass is 16.4. The minimum absolute atomic E-state index is 0.367. The monoisotopic (exact) mass is 214 g/mol. The van der Waals surface area contributed by atoms with E-state index in [1.54, 1.807) is 6.07 Å². The lowest BCUT2D eigenvalue weighted by Gasteiger charge is -1.98. The fourth-order valence-electron chi connectivity index (χ4n) is 1.32. The average molecular weight is 214 g/mol. The molecule has 0 aliphatic carbocycles. The summed E-state index contributed by atoms with van der Waals surface area (Å²) in [5, 5.41) is 16.2. The summed E-state index contributed by atoms with van der Waals surface area (Å²) in [4.78, 5) is 0. The van der Waals surface area contributed by atoms with Crippen molar-refractivity contribution in [1.82, 2.24) is 10.2 Å². The SMILES string of the molecule is N#CCCc1nnc(-c2ccccc2N)o1. The van der Waals surface area contributed by atoms with E-state index in [1.165, 1.54) is 0 Å². The Morgan fingerprint density at radius 2 is 2.12 bits per heavy atom. The number of aryl methyl sites for hydroxylation is 1. The molecular formula is C11H10N4O. The molecule has 0 spiro atoms. The van der Waals surface area contributed by atoms with Gasteiger partial charge >= 0.3 is 0 Å². The highest BCUT2D eigenvalue weighted by Crippen LogP contribution is 2.24. The lowest BCUT2D eigenvalue weighted by atomic mass is 10.2. The maximum atomic E-state index is 8.44. The zero-order valence-electron chi connectivity index (χ0n) is 8.55. The van der Waals surface area contributed by atoms with Gasteiger partial charge in [-0.3, -0.25) is 0 Å². The lowest BCUT2D eigenvalue weighted by molar-refractivity contribution is 0.507. The van der Waals surface area contributed by atoms with Crippen LogP contribution in [0.15, 0.2) is 28.7 Å². The summed E-state index contributed by atoms with van der Waals surface area (Å²) < 4.78 is 5.40. The molecule has 0 saturated heterocycles. The molecule has 80 valence electrons. The molecule has 5 nitrogen and oxygen atoms in total. The van der Waals surface area contributed by atoms with Crippen LogP contribution in [0.3, 0.4) is 0 Å². The molecule has 0 amide bonds. The summed E-state index contributed by atoms with van der Waals surface area (Å²) in [6.07, 6.45) is 0.835. The maximum Gasteiger partial charge on any atom is 0.249 e. The summed E-state index contributed by atoms with van der Waals surface area (Å²) in [6, 6.07) is 9.30. The van der Waals surface area contributed by atoms with Crippen LogP contribution in [0.1, 0.15) is 12.3 Å². The van der Waals surface area contributed by atoms with Crippen LogP contribution in [0.5, 0.6) is 0 Å². The smallest absolute Gasteiger partial charge is 0.249 e. The van der Waals surface area contributed by atoms with E-state index < -0.39 is 0 Å². The van der Waals surface area contributed by atoms with Gasteiger partial charge in [-0.2, -0.15) is 5.26 Å². The van der Waals surface area contributed by atoms with Crippen molar-refractivity contribution >= 4 is 5.69 Å². The number of nitrogen functional groups attached to an aromatic ring is 1. The van der Waals surface area contributed by atoms with Crippen LogP contribution in [-0.4, -0.2) is 10.2 Å². The van der Waals surface area contributed by atoms with Crippen molar-refractivity contribution in [1.29, 1.82) is 5.26 Å². The number of hydrogen-bond donors (Lipinski definition) is 1. The van der Waals surface area contributed by atoms with E-state index in [0.29, 0.717) is 30.3 Å². The van der Waals surface area contributed by atoms with Gasteiger partial charge in [0.25, 0.3) is 0 Å². The molecule has 2 N–H and O–H groups in total. The molecule has 5 heteroatoms. The molecule has 1 aromatic heterocycles. The van der Waals surface area contributed by atoms with Crippen molar-refractivity contribution < 1.29 is 4.42 Å². The second-order valence-corrected chi connectivity index (χ2v) is 3.25. The highest BCUT2D eigenvalue weighted by molar-refractivity contribution is 5.69. The average Bonchev–Trinajstić information content (AvgIpc) is 2.75. The minimum atomic E-state index is 0.367. The van der Waals surface area contributed by atoms with Crippen LogP contribution in [0.2, 0.25) is 0 Å². The molecule has 0 aliphatic rings. The first-order valence-corrected chi connectivity index (χ1v) is 4.85. The molecule has 0 saturated carbocycles. The summed E-state index contributed by atoms with van der Waals surface area (Å²) in [6.45, 7) is 0. The highest BCUT2D eigenvalue weighted by Gasteiger charge is 2.10. The molecule has 2 rings (SSSR count). The molecule has 0 bridgehead atoms. The van der Waals surface area contributed by atoms with Crippen molar-refractivity contribution in [2.45, 2.75) is 12.8 Å². The quantitative estimate of drug-likeness (QED) is 0.786. The standard InChI is InChI=1S/C11H10N4O/c12-7-3-6-10-14-15-11(16-10)8-4-1-2-5-9(8)13/h1-2,4-5H,3,6,13H2. The molecule has 0 radical (unpaired) electrons. The summed E-state index contributed by atoms with van der Waals surface area (Å²) in [5.74, 6) is 0.853. The fourth-order valence-corrected chi connectivity index (χ4v) is 1.32. The van der Waals surface area contributed by atoms with Gasteiger partial charge in [-0.15, -0.1) is 10.2 Å². The number of para-hydroxylation sites is 1. The van der Waals surface area contributed by atoms with Gasteiger partial charge in [-0.1, -0.05) is 12.1 Å². The maximum absolute atomic E-state index is 8.44. The van der Waals surface area contributed by atoms with Crippen molar-refractivity contribution in [3.63, 3.8) is 0 Å². The van der Waals surface area contributed by atoms with E-state index in [9.17, 15) is 0 Å². The van der Waals surface area contributed by atoms with Crippen molar-refractivity contribution in [2.24, 2.45) is 0 Å². The van der Waals surface area contributed by atoms with Crippen molar-refractivity contribution in [3.05, 3.63) is 30.2 Å². The summed E-state index contributed by atoms with van der Waals surface area (Å²) in [7, 11) is 0. The van der Waals surface area contributed by atoms with Crippen LogP contribution in [0, 0.1) is 11.3 Å². The Labute approximate surface area is 92.5 Å². The molecule has 0 aliphatic heterocycles. The van der Waals surface area contributed by atoms with Gasteiger partial charge in [-0.25, -0.2) is 0 Å². The van der Waals surface area contributed by atoms with E-state index in [2.05, 4.69) is 10.2 Å². The number of aromatic nitrogens is 2. The van der Waals surface area contributed by atoms with Gasteiger partial charge in [0.2, 0.25) is 11.8 Å². The third kappa shape index (κ3) is 2.01. The number of nitrogens with zero attached hydrogens (tertiary/aromatic N) is 3. The molecule has 0 fully saturated rings. The third-order valence-corrected chi connectivity index (χ3v) is 2.11. The number of rotatable bonds is 3. The van der Waals surface area contributed by atoms with Crippen LogP contribution >= 0.6 is 0 Å². The first kappa shape index (κ1) is 10.2. The van der Waals surface area contributed by atoms with Crippen molar-refractivity contribution in [3.8, 4) is 17.5 Å². The zero-order chi connectivity index (χ0) is 11.4. The second kappa shape index (κ2) is 4.45. The van der Waals surface area contributed by atoms with E-state index >= 15 is 0 Å². The lowest BCUT2D eigenvalue weighted by Crippen LogP contribution is -1.88. The van der Waals surface area contributed by atoms with Gasteiger partial charge < -0.3 is 10.2 Å². The normalized spacial score (nSPS) is 9.94. The number of hydrogen-bond acceptors (Lipinski definition) is 5. The van der Waals surface area contributed by atoms with Gasteiger partial charge in [0.15, 0.2) is 0 Å². The fraction of sp³-hybridized carbons (Fsp3) is 0.182. The summed E-state index contributed by atoms with van der Waals surface area (Å²) >= 11 is 0. The second-order valence-electron chi connectivity index (χ2n) is 3.25. The van der Waals surface area contributed by atoms with Crippen molar-refractivity contribution in [2.75, 3.05) is 5.73 Å². The van der Waals surface area contributed by atoms with Crippen LogP contribution in [-0.2, 0) is 6.42 Å². The number of nitriles is 1. The van der Waals surface area contributed by atoms with Crippen LogP contribution in [0.25, 0.3) is 11.5 Å². The topological polar surface area (TPSA) is 88.7 Å². The predicted octanol–water partition coefficient (Wildman–Crippen LogP) is 1.77. The van der Waals surface area contributed by atoms with Gasteiger partial charge in [0, 0.05) is 18.5 Å². The number of anilines is 1. The zero-order valence-corrected chi connectivity index (χ0v) is 8.55. The van der Waals surface area contributed by atoms with Gasteiger partial charge in [-0.05, 0) is 12.1 Å². The number of nitrogens with two attached hydrogens (primary N) is 1. The molecular weight excluding hydrogens is 204 g/mol. The number of benzene rings is 1. The Kier molecular flexibility index (Phi) is 2.83. The minimum Gasteiger partial charge on any atom is -0.421 e. The van der Waals surface area contributed by atoms with Crippen LogP contribution in [0.4, 0.5) is 5.69 Å². The first-order valence-electron chi connectivity index (χ1n) is 4.85. The third-order valence-electron chi connectivity index (χ3n) is 2.11. The van der Waals surface area contributed by atoms with Gasteiger partial charge in [0.1, 0.15) is 0 Å². The summed E-state index contributed by atoms with van der Waals surface area (Å²) in [5.41, 5.74) is 7.10. The predicted molar refractivity (Wildman–Crippen MR) is 58.1 cm³/mol. The van der Waals surface area contributed by atoms with E-state index in [0.717, 1.165) is 5.56 Å². The Morgan fingerprint density at radius 3 is 2.88 bits per heavy atom. The Bertz CT molecular complexity index is 527. The van der Waals surface area contributed by atoms with E-state index in [4.69, 9.17) is 15.4 Å². The Balaban J connectivity index is 2.26. The largest absolute Gasteiger partial charge is 0.421 e. The van der Waals surface area contributed by atoms with E-state index in [-0.39, 0.29) is 0 Å². The van der Waals surface area contributed by atoms with Crippen LogP contribution < -0.4 is 5.73 Å². The Hall–Kier alpha value is -2.35. The molecule has 16 heavy (non-hydrogen) atoms. The van der Waals surface area contributed by atoms with E-state index in [1.807, 2.05) is 24.3 Å². The first-order chi connectivity index (χ1) is 7.81. The molecule has 1 heterocycles. The molecule has 2 aromatic rings. The Morgan fingerprint density at radius 1 is 1.31 bits per heavy atom.